The summed E-state index contributed by atoms with van der Waals surface area (Å²) in [5, 5.41) is 0. The molecule has 0 bridgehead atoms. The molecule has 0 fully saturated rings. The van der Waals surface area contributed by atoms with Gasteiger partial charge in [-0.05, 0) is 6.07 Å². The molecule has 1 aromatic heterocycles. The molecule has 1 heterocycles. The van der Waals surface area contributed by atoms with Gasteiger partial charge in [0.25, 0.3) is 6.43 Å². The lowest BCUT2D eigenvalue weighted by Crippen LogP contribution is -2.08. The number of nitrogens with zero attached hydrogens (tertiary/aromatic N) is 1. The van der Waals surface area contributed by atoms with Gasteiger partial charge in [0.15, 0.2) is 6.29 Å². The molecule has 82 valence electrons. The van der Waals surface area contributed by atoms with Crippen LogP contribution in [-0.2, 0) is 6.18 Å². The monoisotopic (exact) mass is 225 g/mol. The second kappa shape index (κ2) is 3.92. The number of hydrogen-bond acceptors (Lipinski definition) is 2. The third-order valence-corrected chi connectivity index (χ3v) is 1.61. The molecule has 0 radical (unpaired) electrons. The first kappa shape index (κ1) is 11.5. The summed E-state index contributed by atoms with van der Waals surface area (Å²) >= 11 is 0. The van der Waals surface area contributed by atoms with E-state index in [0.29, 0.717) is 6.07 Å². The fourth-order valence-electron chi connectivity index (χ4n) is 0.924. The van der Waals surface area contributed by atoms with Gasteiger partial charge in [-0.2, -0.15) is 13.2 Å². The summed E-state index contributed by atoms with van der Waals surface area (Å²) in [6.45, 7) is 0. The standard InChI is InChI=1S/C8H4F5NO/c9-7(10)6-4(3-15)1-5(2-14-6)8(11,12)13/h1-3,7H. The molecule has 0 saturated heterocycles. The Morgan fingerprint density at radius 1 is 1.33 bits per heavy atom. The van der Waals surface area contributed by atoms with Crippen LogP contribution >= 0.6 is 0 Å². The second-order valence-electron chi connectivity index (χ2n) is 2.61. The van der Waals surface area contributed by atoms with Crippen LogP contribution < -0.4 is 0 Å². The van der Waals surface area contributed by atoms with Gasteiger partial charge in [0.05, 0.1) is 5.56 Å². The van der Waals surface area contributed by atoms with Crippen LogP contribution in [0.5, 0.6) is 0 Å². The molecule has 0 aliphatic carbocycles. The third-order valence-electron chi connectivity index (χ3n) is 1.61. The number of hydrogen-bond donors (Lipinski definition) is 0. The summed E-state index contributed by atoms with van der Waals surface area (Å²) < 4.78 is 60.6. The van der Waals surface area contributed by atoms with Gasteiger partial charge in [-0.25, -0.2) is 8.78 Å². The normalized spacial score (nSPS) is 11.9. The summed E-state index contributed by atoms with van der Waals surface area (Å²) in [7, 11) is 0. The summed E-state index contributed by atoms with van der Waals surface area (Å²) in [5.74, 6) is 0. The molecule has 0 aliphatic rings. The highest BCUT2D eigenvalue weighted by molar-refractivity contribution is 5.76. The average Bonchev–Trinajstić information content (AvgIpc) is 2.15. The molecule has 0 aromatic carbocycles. The molecular weight excluding hydrogens is 221 g/mol. The van der Waals surface area contributed by atoms with Crippen molar-refractivity contribution < 1.29 is 26.7 Å². The second-order valence-corrected chi connectivity index (χ2v) is 2.61. The summed E-state index contributed by atoms with van der Waals surface area (Å²) in [6.07, 6.45) is -7.59. The minimum atomic E-state index is -4.70. The van der Waals surface area contributed by atoms with E-state index in [1.54, 1.807) is 0 Å². The van der Waals surface area contributed by atoms with Crippen molar-refractivity contribution in [1.29, 1.82) is 0 Å². The van der Waals surface area contributed by atoms with Crippen molar-refractivity contribution in [2.45, 2.75) is 12.6 Å². The molecule has 15 heavy (non-hydrogen) atoms. The maximum Gasteiger partial charge on any atom is 0.417 e. The Labute approximate surface area is 80.7 Å². The Hall–Kier alpha value is -1.53. The smallest absolute Gasteiger partial charge is 0.298 e. The van der Waals surface area contributed by atoms with Crippen molar-refractivity contribution in [2.24, 2.45) is 0 Å². The number of halogens is 5. The van der Waals surface area contributed by atoms with Gasteiger partial charge in [0.2, 0.25) is 0 Å². The zero-order valence-electron chi connectivity index (χ0n) is 7.05. The molecule has 0 atom stereocenters. The first-order chi connectivity index (χ1) is 6.86. The predicted molar refractivity (Wildman–Crippen MR) is 39.6 cm³/mol. The van der Waals surface area contributed by atoms with Crippen molar-refractivity contribution in [2.75, 3.05) is 0 Å². The predicted octanol–water partition coefficient (Wildman–Crippen LogP) is 2.85. The van der Waals surface area contributed by atoms with E-state index in [1.165, 1.54) is 0 Å². The highest BCUT2D eigenvalue weighted by Crippen LogP contribution is 2.30. The molecule has 0 spiro atoms. The number of aldehydes is 1. The van der Waals surface area contributed by atoms with E-state index in [2.05, 4.69) is 4.98 Å². The van der Waals surface area contributed by atoms with E-state index in [1.807, 2.05) is 0 Å². The lowest BCUT2D eigenvalue weighted by molar-refractivity contribution is -0.137. The first-order valence-corrected chi connectivity index (χ1v) is 3.66. The third kappa shape index (κ3) is 2.48. The fraction of sp³-hybridized carbons (Fsp3) is 0.250. The van der Waals surface area contributed by atoms with E-state index >= 15 is 0 Å². The van der Waals surface area contributed by atoms with E-state index in [4.69, 9.17) is 0 Å². The Morgan fingerprint density at radius 2 is 1.93 bits per heavy atom. The zero-order chi connectivity index (χ0) is 11.6. The van der Waals surface area contributed by atoms with E-state index < -0.39 is 29.4 Å². The molecular formula is C8H4F5NO. The van der Waals surface area contributed by atoms with Crippen molar-refractivity contribution in [3.8, 4) is 0 Å². The van der Waals surface area contributed by atoms with Crippen LogP contribution in [0.3, 0.4) is 0 Å². The lowest BCUT2D eigenvalue weighted by Gasteiger charge is -2.08. The minimum absolute atomic E-state index is 0.0796. The van der Waals surface area contributed by atoms with Crippen molar-refractivity contribution in [3.63, 3.8) is 0 Å². The van der Waals surface area contributed by atoms with Gasteiger partial charge in [-0.1, -0.05) is 0 Å². The van der Waals surface area contributed by atoms with Gasteiger partial charge in [0, 0.05) is 11.8 Å². The zero-order valence-corrected chi connectivity index (χ0v) is 7.05. The summed E-state index contributed by atoms with van der Waals surface area (Å²) in [5.41, 5.74) is -2.92. The van der Waals surface area contributed by atoms with Crippen LogP contribution in [0.4, 0.5) is 22.0 Å². The largest absolute Gasteiger partial charge is 0.417 e. The van der Waals surface area contributed by atoms with Gasteiger partial charge in [-0.15, -0.1) is 0 Å². The molecule has 2 nitrogen and oxygen atoms in total. The van der Waals surface area contributed by atoms with Gasteiger partial charge < -0.3 is 0 Å². The minimum Gasteiger partial charge on any atom is -0.298 e. The maximum atomic E-state index is 12.1. The SMILES string of the molecule is O=Cc1cc(C(F)(F)F)cnc1C(F)F. The number of carbonyl (C=O) groups excluding carboxylic acids is 1. The Morgan fingerprint density at radius 3 is 2.33 bits per heavy atom. The van der Waals surface area contributed by atoms with Gasteiger partial charge in [-0.3, -0.25) is 9.78 Å². The summed E-state index contributed by atoms with van der Waals surface area (Å²) in [4.78, 5) is 13.2. The molecule has 0 amide bonds. The van der Waals surface area contributed by atoms with Crippen LogP contribution in [0.15, 0.2) is 12.3 Å². The Balaban J connectivity index is 3.25. The number of aromatic nitrogens is 1. The molecule has 1 aromatic rings. The maximum absolute atomic E-state index is 12.1. The molecule has 0 N–H and O–H groups in total. The van der Waals surface area contributed by atoms with E-state index in [9.17, 15) is 26.7 Å². The molecule has 0 unspecified atom stereocenters. The fourth-order valence-corrected chi connectivity index (χ4v) is 0.924. The Kier molecular flexibility index (Phi) is 3.01. The van der Waals surface area contributed by atoms with Gasteiger partial charge in [0.1, 0.15) is 5.69 Å². The van der Waals surface area contributed by atoms with Crippen molar-refractivity contribution >= 4 is 6.29 Å². The highest BCUT2D eigenvalue weighted by atomic mass is 19.4. The van der Waals surface area contributed by atoms with E-state index in [0.717, 1.165) is 0 Å². The number of pyridine rings is 1. The topological polar surface area (TPSA) is 30.0 Å². The quantitative estimate of drug-likeness (QED) is 0.572. The summed E-state index contributed by atoms with van der Waals surface area (Å²) in [6, 6.07) is 0.349. The lowest BCUT2D eigenvalue weighted by atomic mass is 10.1. The van der Waals surface area contributed by atoms with E-state index in [-0.39, 0.29) is 12.5 Å². The molecule has 1 rings (SSSR count). The molecule has 0 saturated carbocycles. The van der Waals surface area contributed by atoms with Crippen LogP contribution in [-0.4, -0.2) is 11.3 Å². The number of alkyl halides is 5. The van der Waals surface area contributed by atoms with Crippen LogP contribution in [0, 0.1) is 0 Å². The van der Waals surface area contributed by atoms with Crippen molar-refractivity contribution in [3.05, 3.63) is 29.1 Å². The highest BCUT2D eigenvalue weighted by Gasteiger charge is 2.32. The number of rotatable bonds is 2. The van der Waals surface area contributed by atoms with Crippen LogP contribution in [0.2, 0.25) is 0 Å². The Bertz CT molecular complexity index is 374. The number of carbonyl (C=O) groups is 1. The van der Waals surface area contributed by atoms with Gasteiger partial charge >= 0.3 is 6.18 Å². The average molecular weight is 225 g/mol. The van der Waals surface area contributed by atoms with Crippen LogP contribution in [0.1, 0.15) is 28.0 Å². The first-order valence-electron chi connectivity index (χ1n) is 3.66. The van der Waals surface area contributed by atoms with Crippen molar-refractivity contribution in [1.82, 2.24) is 4.98 Å². The molecule has 0 aliphatic heterocycles. The molecule has 7 heteroatoms. The van der Waals surface area contributed by atoms with Crippen LogP contribution in [0.25, 0.3) is 0 Å².